The fourth-order valence-corrected chi connectivity index (χ4v) is 1.64. The molecule has 0 aliphatic carbocycles. The van der Waals surface area contributed by atoms with Crippen LogP contribution in [0.5, 0.6) is 5.75 Å². The number of rotatable bonds is 1. The van der Waals surface area contributed by atoms with E-state index in [1.807, 2.05) is 0 Å². The monoisotopic (exact) mass is 239 g/mol. The zero-order valence-corrected chi connectivity index (χ0v) is 8.58. The van der Waals surface area contributed by atoms with E-state index >= 15 is 0 Å². The second kappa shape index (κ2) is 3.53. The number of carboxylic acids is 1. The van der Waals surface area contributed by atoms with Gasteiger partial charge in [-0.25, -0.2) is 4.79 Å². The van der Waals surface area contributed by atoms with Gasteiger partial charge in [0, 0.05) is 0 Å². The van der Waals surface area contributed by atoms with Crippen LogP contribution in [0.4, 0.5) is 0 Å². The normalized spacial score (nSPS) is 10.6. The van der Waals surface area contributed by atoms with Crippen LogP contribution < -0.4 is 5.43 Å². The molecule has 0 aliphatic heterocycles. The van der Waals surface area contributed by atoms with Gasteiger partial charge in [-0.15, -0.1) is 0 Å². The average Bonchev–Trinajstić information content (AvgIpc) is 2.23. The topological polar surface area (TPSA) is 90.4 Å². The van der Waals surface area contributed by atoms with Crippen molar-refractivity contribution < 1.29 is 15.0 Å². The van der Waals surface area contributed by atoms with E-state index in [-0.39, 0.29) is 15.9 Å². The largest absolute Gasteiger partial charge is 0.502 e. The third kappa shape index (κ3) is 1.42. The van der Waals surface area contributed by atoms with E-state index in [1.54, 1.807) is 6.07 Å². The number of benzene rings is 1. The Morgan fingerprint density at radius 2 is 2.06 bits per heavy atom. The smallest absolute Gasteiger partial charge is 0.356 e. The first-order valence-corrected chi connectivity index (χ1v) is 4.67. The maximum Gasteiger partial charge on any atom is 0.356 e. The lowest BCUT2D eigenvalue weighted by atomic mass is 10.2. The van der Waals surface area contributed by atoms with Gasteiger partial charge in [-0.3, -0.25) is 4.79 Å². The number of H-pyrrole nitrogens is 1. The molecule has 2 rings (SSSR count). The minimum absolute atomic E-state index is 0.148. The minimum atomic E-state index is -1.42. The van der Waals surface area contributed by atoms with Gasteiger partial charge in [-0.2, -0.15) is 0 Å². The van der Waals surface area contributed by atoms with Gasteiger partial charge in [0.2, 0.25) is 5.43 Å². The molecule has 1 aromatic heterocycles. The Morgan fingerprint density at radius 3 is 2.69 bits per heavy atom. The Bertz CT molecular complexity index is 647. The second-order valence-corrected chi connectivity index (χ2v) is 3.55. The van der Waals surface area contributed by atoms with Gasteiger partial charge >= 0.3 is 5.97 Å². The van der Waals surface area contributed by atoms with Crippen LogP contribution in [-0.4, -0.2) is 21.2 Å². The molecule has 0 saturated heterocycles. The van der Waals surface area contributed by atoms with Gasteiger partial charge in [0.15, 0.2) is 11.4 Å². The molecule has 1 heterocycles. The van der Waals surface area contributed by atoms with Crippen molar-refractivity contribution in [1.29, 1.82) is 0 Å². The number of fused-ring (bicyclic) bond motifs is 1. The molecule has 0 amide bonds. The molecule has 0 fully saturated rings. The van der Waals surface area contributed by atoms with Crippen LogP contribution in [0.2, 0.25) is 5.02 Å². The van der Waals surface area contributed by atoms with E-state index in [1.165, 1.54) is 12.1 Å². The molecule has 5 nitrogen and oxygen atoms in total. The molecular formula is C10H6ClNO4. The van der Waals surface area contributed by atoms with Crippen molar-refractivity contribution in [2.24, 2.45) is 0 Å². The summed E-state index contributed by atoms with van der Waals surface area (Å²) in [6.07, 6.45) is 0. The summed E-state index contributed by atoms with van der Waals surface area (Å²) in [5.74, 6) is -2.24. The van der Waals surface area contributed by atoms with E-state index in [0.29, 0.717) is 0 Å². The highest BCUT2D eigenvalue weighted by Crippen LogP contribution is 2.22. The molecule has 0 aliphatic rings. The lowest BCUT2D eigenvalue weighted by Crippen LogP contribution is -2.11. The number of aromatic amines is 1. The van der Waals surface area contributed by atoms with Crippen molar-refractivity contribution in [3.8, 4) is 5.75 Å². The lowest BCUT2D eigenvalue weighted by molar-refractivity contribution is 0.0687. The van der Waals surface area contributed by atoms with Crippen molar-refractivity contribution >= 4 is 28.5 Å². The number of carboxylic acid groups (broad SMARTS) is 1. The first-order chi connectivity index (χ1) is 7.52. The first kappa shape index (κ1) is 10.5. The SMILES string of the molecule is O=C(O)c1[nH]c2c(Cl)cccc2c(=O)c1O. The quantitative estimate of drug-likeness (QED) is 0.705. The number of aromatic carboxylic acids is 1. The Kier molecular flexibility index (Phi) is 2.32. The minimum Gasteiger partial charge on any atom is -0.502 e. The van der Waals surface area contributed by atoms with Gasteiger partial charge < -0.3 is 15.2 Å². The Morgan fingerprint density at radius 1 is 1.38 bits per heavy atom. The number of para-hydroxylation sites is 1. The van der Waals surface area contributed by atoms with E-state index in [4.69, 9.17) is 16.7 Å². The van der Waals surface area contributed by atoms with Crippen LogP contribution in [-0.2, 0) is 0 Å². The number of halogens is 1. The van der Waals surface area contributed by atoms with Crippen LogP contribution in [0.3, 0.4) is 0 Å². The number of aromatic nitrogens is 1. The molecule has 0 atom stereocenters. The molecule has 82 valence electrons. The summed E-state index contributed by atoms with van der Waals surface area (Å²) in [6, 6.07) is 4.51. The summed E-state index contributed by atoms with van der Waals surface area (Å²) in [5.41, 5.74) is -1.12. The highest BCUT2D eigenvalue weighted by Gasteiger charge is 2.17. The standard InChI is InChI=1S/C10H6ClNO4/c11-5-3-1-2-4-6(5)12-7(10(15)16)9(14)8(4)13/h1-3,14H,(H,12,13)(H,15,16). The molecular weight excluding hydrogens is 234 g/mol. The molecule has 3 N–H and O–H groups in total. The predicted octanol–water partition coefficient (Wildman–Crippen LogP) is 1.59. The molecule has 0 unspecified atom stereocenters. The van der Waals surface area contributed by atoms with Gasteiger partial charge in [0.25, 0.3) is 0 Å². The van der Waals surface area contributed by atoms with Gasteiger partial charge in [0.1, 0.15) is 0 Å². The summed E-state index contributed by atoms with van der Waals surface area (Å²) < 4.78 is 0. The zero-order chi connectivity index (χ0) is 11.9. The number of carbonyl (C=O) groups is 1. The number of aromatic hydroxyl groups is 1. The van der Waals surface area contributed by atoms with Gasteiger partial charge in [0.05, 0.1) is 15.9 Å². The molecule has 1 aromatic carbocycles. The van der Waals surface area contributed by atoms with Crippen molar-refractivity contribution in [1.82, 2.24) is 4.98 Å². The molecule has 0 saturated carbocycles. The number of hydrogen-bond acceptors (Lipinski definition) is 3. The molecule has 0 bridgehead atoms. The molecule has 0 spiro atoms. The van der Waals surface area contributed by atoms with E-state index in [2.05, 4.69) is 4.98 Å². The first-order valence-electron chi connectivity index (χ1n) is 4.29. The maximum absolute atomic E-state index is 11.6. The summed E-state index contributed by atoms with van der Waals surface area (Å²) >= 11 is 5.81. The van der Waals surface area contributed by atoms with E-state index < -0.39 is 22.8 Å². The van der Waals surface area contributed by atoms with Gasteiger partial charge in [-0.05, 0) is 12.1 Å². The van der Waals surface area contributed by atoms with Crippen molar-refractivity contribution in [3.63, 3.8) is 0 Å². The van der Waals surface area contributed by atoms with Crippen molar-refractivity contribution in [3.05, 3.63) is 39.1 Å². The molecule has 6 heteroatoms. The molecule has 16 heavy (non-hydrogen) atoms. The van der Waals surface area contributed by atoms with Crippen LogP contribution in [0.15, 0.2) is 23.0 Å². The second-order valence-electron chi connectivity index (χ2n) is 3.15. The van der Waals surface area contributed by atoms with E-state index in [9.17, 15) is 14.7 Å². The van der Waals surface area contributed by atoms with Gasteiger partial charge in [-0.1, -0.05) is 17.7 Å². The molecule has 0 radical (unpaired) electrons. The summed E-state index contributed by atoms with van der Waals surface area (Å²) in [5, 5.41) is 18.5. The number of hydrogen-bond donors (Lipinski definition) is 3. The van der Waals surface area contributed by atoms with Crippen molar-refractivity contribution in [2.75, 3.05) is 0 Å². The fourth-order valence-electron chi connectivity index (χ4n) is 1.42. The predicted molar refractivity (Wildman–Crippen MR) is 58.2 cm³/mol. The summed E-state index contributed by atoms with van der Waals surface area (Å²) in [4.78, 5) is 24.8. The summed E-state index contributed by atoms with van der Waals surface area (Å²) in [6.45, 7) is 0. The zero-order valence-electron chi connectivity index (χ0n) is 7.82. The van der Waals surface area contributed by atoms with Crippen LogP contribution in [0, 0.1) is 0 Å². The third-order valence-corrected chi connectivity index (χ3v) is 2.49. The third-order valence-electron chi connectivity index (χ3n) is 2.17. The Hall–Kier alpha value is -2.01. The highest BCUT2D eigenvalue weighted by molar-refractivity contribution is 6.35. The van der Waals surface area contributed by atoms with Crippen LogP contribution >= 0.6 is 11.6 Å². The Balaban J connectivity index is 3.01. The number of pyridine rings is 1. The van der Waals surface area contributed by atoms with Crippen LogP contribution in [0.1, 0.15) is 10.5 Å². The fraction of sp³-hybridized carbons (Fsp3) is 0. The highest BCUT2D eigenvalue weighted by atomic mass is 35.5. The summed E-state index contributed by atoms with van der Waals surface area (Å²) in [7, 11) is 0. The molecule has 2 aromatic rings. The van der Waals surface area contributed by atoms with Crippen LogP contribution in [0.25, 0.3) is 10.9 Å². The lowest BCUT2D eigenvalue weighted by Gasteiger charge is -2.04. The Labute approximate surface area is 93.9 Å². The number of nitrogens with one attached hydrogen (secondary N) is 1. The average molecular weight is 240 g/mol. The maximum atomic E-state index is 11.6. The van der Waals surface area contributed by atoms with Crippen molar-refractivity contribution in [2.45, 2.75) is 0 Å². The van der Waals surface area contributed by atoms with E-state index in [0.717, 1.165) is 0 Å².